The van der Waals surface area contributed by atoms with Crippen LogP contribution in [0.1, 0.15) is 12.5 Å². The monoisotopic (exact) mass is 310 g/mol. The van der Waals surface area contributed by atoms with Crippen LogP contribution in [0.5, 0.6) is 5.75 Å². The molecule has 1 amide bonds. The van der Waals surface area contributed by atoms with Crippen molar-refractivity contribution in [1.82, 2.24) is 4.90 Å². The number of thiocarbonyl (C=S) groups is 1. The van der Waals surface area contributed by atoms with E-state index in [0.29, 0.717) is 16.6 Å². The van der Waals surface area contributed by atoms with Gasteiger partial charge in [0, 0.05) is 24.1 Å². The summed E-state index contributed by atoms with van der Waals surface area (Å²) in [5.41, 5.74) is 6.30. The molecule has 6 heteroatoms. The smallest absolute Gasteiger partial charge is 0.260 e. The van der Waals surface area contributed by atoms with Gasteiger partial charge in [-0.1, -0.05) is 31.3 Å². The van der Waals surface area contributed by atoms with Crippen LogP contribution < -0.4 is 10.5 Å². The number of amides is 1. The molecule has 1 aliphatic rings. The van der Waals surface area contributed by atoms with E-state index in [-0.39, 0.29) is 17.5 Å². The topological polar surface area (TPSA) is 55.6 Å². The van der Waals surface area contributed by atoms with E-state index in [2.05, 4.69) is 6.92 Å². The van der Waals surface area contributed by atoms with Gasteiger partial charge in [-0.05, 0) is 12.1 Å². The van der Waals surface area contributed by atoms with Gasteiger partial charge in [0.15, 0.2) is 6.61 Å². The number of thioether (sulfide) groups is 1. The number of benzene rings is 1. The zero-order valence-electron chi connectivity index (χ0n) is 11.4. The van der Waals surface area contributed by atoms with E-state index in [1.54, 1.807) is 12.1 Å². The zero-order valence-corrected chi connectivity index (χ0v) is 13.0. The maximum absolute atomic E-state index is 12.1. The van der Waals surface area contributed by atoms with Gasteiger partial charge in [-0.15, -0.1) is 0 Å². The SMILES string of the molecule is CC1CN(C(=O)COc2ccccc2C(N)=S)CCS1. The highest BCUT2D eigenvalue weighted by Crippen LogP contribution is 2.20. The van der Waals surface area contributed by atoms with Gasteiger partial charge in [0.1, 0.15) is 10.7 Å². The Hall–Kier alpha value is -1.27. The normalized spacial score (nSPS) is 18.6. The number of hydrogen-bond acceptors (Lipinski definition) is 4. The van der Waals surface area contributed by atoms with Gasteiger partial charge >= 0.3 is 0 Å². The molecule has 2 rings (SSSR count). The lowest BCUT2D eigenvalue weighted by molar-refractivity contribution is -0.133. The number of carbonyl (C=O) groups is 1. The van der Waals surface area contributed by atoms with E-state index in [0.717, 1.165) is 18.8 Å². The largest absolute Gasteiger partial charge is 0.483 e. The third-order valence-corrected chi connectivity index (χ3v) is 4.45. The summed E-state index contributed by atoms with van der Waals surface area (Å²) >= 11 is 6.86. The summed E-state index contributed by atoms with van der Waals surface area (Å²) in [6, 6.07) is 7.24. The first kappa shape index (κ1) is 15.1. The Morgan fingerprint density at radius 1 is 1.55 bits per heavy atom. The van der Waals surface area contributed by atoms with E-state index in [1.165, 1.54) is 0 Å². The fourth-order valence-electron chi connectivity index (χ4n) is 2.07. The second-order valence-corrected chi connectivity index (χ2v) is 6.66. The minimum Gasteiger partial charge on any atom is -0.483 e. The number of carbonyl (C=O) groups excluding carboxylic acids is 1. The summed E-state index contributed by atoms with van der Waals surface area (Å²) in [4.78, 5) is 14.3. The lowest BCUT2D eigenvalue weighted by atomic mass is 10.2. The zero-order chi connectivity index (χ0) is 14.5. The number of para-hydroxylation sites is 1. The minimum absolute atomic E-state index is 0.00916. The van der Waals surface area contributed by atoms with Crippen molar-refractivity contribution in [2.75, 3.05) is 25.4 Å². The van der Waals surface area contributed by atoms with Crippen molar-refractivity contribution in [3.8, 4) is 5.75 Å². The average Bonchev–Trinajstić information content (AvgIpc) is 2.45. The summed E-state index contributed by atoms with van der Waals surface area (Å²) < 4.78 is 5.58. The molecule has 0 radical (unpaired) electrons. The van der Waals surface area contributed by atoms with Crippen LogP contribution in [0.4, 0.5) is 0 Å². The van der Waals surface area contributed by atoms with Crippen molar-refractivity contribution in [3.05, 3.63) is 29.8 Å². The maximum atomic E-state index is 12.1. The Morgan fingerprint density at radius 3 is 3.00 bits per heavy atom. The molecule has 1 heterocycles. The molecule has 1 saturated heterocycles. The van der Waals surface area contributed by atoms with Gasteiger partial charge < -0.3 is 15.4 Å². The predicted octanol–water partition coefficient (Wildman–Crippen LogP) is 1.66. The minimum atomic E-state index is 0.00916. The lowest BCUT2D eigenvalue weighted by Crippen LogP contribution is -2.43. The highest BCUT2D eigenvalue weighted by Gasteiger charge is 2.21. The summed E-state index contributed by atoms with van der Waals surface area (Å²) in [7, 11) is 0. The summed E-state index contributed by atoms with van der Waals surface area (Å²) in [6.07, 6.45) is 0. The number of ether oxygens (including phenoxy) is 1. The van der Waals surface area contributed by atoms with Crippen LogP contribution in [-0.4, -0.2) is 46.5 Å². The summed E-state index contributed by atoms with van der Waals surface area (Å²) in [6.45, 7) is 3.72. The Kier molecular flexibility index (Phi) is 5.25. The highest BCUT2D eigenvalue weighted by atomic mass is 32.2. The fourth-order valence-corrected chi connectivity index (χ4v) is 3.25. The Balaban J connectivity index is 1.95. The van der Waals surface area contributed by atoms with Crippen molar-refractivity contribution in [2.45, 2.75) is 12.2 Å². The Bertz CT molecular complexity index is 508. The third kappa shape index (κ3) is 3.86. The predicted molar refractivity (Wildman–Crippen MR) is 86.3 cm³/mol. The molecule has 4 nitrogen and oxygen atoms in total. The van der Waals surface area contributed by atoms with E-state index in [1.807, 2.05) is 28.8 Å². The molecule has 0 aromatic heterocycles. The van der Waals surface area contributed by atoms with Crippen LogP contribution in [0.15, 0.2) is 24.3 Å². The van der Waals surface area contributed by atoms with Gasteiger partial charge in [-0.25, -0.2) is 0 Å². The van der Waals surface area contributed by atoms with E-state index in [4.69, 9.17) is 22.7 Å². The molecule has 0 aliphatic carbocycles. The van der Waals surface area contributed by atoms with Crippen LogP contribution in [0, 0.1) is 0 Å². The Labute approximate surface area is 128 Å². The molecule has 1 aromatic carbocycles. The molecule has 1 atom stereocenters. The first-order valence-electron chi connectivity index (χ1n) is 6.49. The van der Waals surface area contributed by atoms with Crippen molar-refractivity contribution >= 4 is 34.9 Å². The molecular formula is C14H18N2O2S2. The van der Waals surface area contributed by atoms with Crippen LogP contribution in [0.25, 0.3) is 0 Å². The van der Waals surface area contributed by atoms with Crippen molar-refractivity contribution in [3.63, 3.8) is 0 Å². The number of nitrogens with zero attached hydrogens (tertiary/aromatic N) is 1. The Morgan fingerprint density at radius 2 is 2.30 bits per heavy atom. The third-order valence-electron chi connectivity index (χ3n) is 3.10. The molecule has 1 aliphatic heterocycles. The molecular weight excluding hydrogens is 292 g/mol. The van der Waals surface area contributed by atoms with Crippen LogP contribution >= 0.6 is 24.0 Å². The van der Waals surface area contributed by atoms with Gasteiger partial charge in [0.2, 0.25) is 0 Å². The van der Waals surface area contributed by atoms with Crippen molar-refractivity contribution < 1.29 is 9.53 Å². The van der Waals surface area contributed by atoms with Gasteiger partial charge in [0.05, 0.1) is 5.56 Å². The van der Waals surface area contributed by atoms with Gasteiger partial charge in [0.25, 0.3) is 5.91 Å². The van der Waals surface area contributed by atoms with E-state index >= 15 is 0 Å². The van der Waals surface area contributed by atoms with Crippen LogP contribution in [0.2, 0.25) is 0 Å². The maximum Gasteiger partial charge on any atom is 0.260 e. The van der Waals surface area contributed by atoms with Gasteiger partial charge in [-0.3, -0.25) is 4.79 Å². The summed E-state index contributed by atoms with van der Waals surface area (Å²) in [5, 5.41) is 0.483. The van der Waals surface area contributed by atoms with Crippen molar-refractivity contribution in [1.29, 1.82) is 0 Å². The molecule has 20 heavy (non-hydrogen) atoms. The number of rotatable bonds is 4. The van der Waals surface area contributed by atoms with Gasteiger partial charge in [-0.2, -0.15) is 11.8 Å². The molecule has 0 spiro atoms. The molecule has 1 aromatic rings. The van der Waals surface area contributed by atoms with Crippen LogP contribution in [0.3, 0.4) is 0 Å². The standard InChI is InChI=1S/C14H18N2O2S2/c1-10-8-16(6-7-20-10)13(17)9-18-12-5-3-2-4-11(12)14(15)19/h2-5,10H,6-9H2,1H3,(H2,15,19). The first-order chi connectivity index (χ1) is 9.58. The number of hydrogen-bond donors (Lipinski definition) is 1. The summed E-state index contributed by atoms with van der Waals surface area (Å²) in [5.74, 6) is 1.55. The van der Waals surface area contributed by atoms with E-state index in [9.17, 15) is 4.79 Å². The molecule has 0 bridgehead atoms. The number of nitrogens with two attached hydrogens (primary N) is 1. The molecule has 2 N–H and O–H groups in total. The molecule has 1 unspecified atom stereocenters. The highest BCUT2D eigenvalue weighted by molar-refractivity contribution is 7.99. The lowest BCUT2D eigenvalue weighted by Gasteiger charge is -2.30. The van der Waals surface area contributed by atoms with Crippen molar-refractivity contribution in [2.24, 2.45) is 5.73 Å². The second kappa shape index (κ2) is 6.95. The second-order valence-electron chi connectivity index (χ2n) is 4.67. The molecule has 1 fully saturated rings. The molecule has 108 valence electrons. The quantitative estimate of drug-likeness (QED) is 0.857. The van der Waals surface area contributed by atoms with Crippen LogP contribution in [-0.2, 0) is 4.79 Å². The average molecular weight is 310 g/mol. The molecule has 0 saturated carbocycles. The van der Waals surface area contributed by atoms with E-state index < -0.39 is 0 Å². The fraction of sp³-hybridized carbons (Fsp3) is 0.429. The first-order valence-corrected chi connectivity index (χ1v) is 7.94.